The summed E-state index contributed by atoms with van der Waals surface area (Å²) in [6.45, 7) is 3.79. The topological polar surface area (TPSA) is 41.1 Å². The van der Waals surface area contributed by atoms with Crippen LogP contribution in [0.25, 0.3) is 0 Å². The first-order chi connectivity index (χ1) is 7.81. The van der Waals surface area contributed by atoms with E-state index in [1.165, 1.54) is 5.56 Å². The van der Waals surface area contributed by atoms with Crippen LogP contribution < -0.4 is 10.6 Å². The standard InChI is InChI=1S/C13H18N2O/c1-2-10-4-6-11(7-5-10)12-13(16)15-9-3-8-14-12/h4-7,12,14H,2-3,8-9H2,1H3,(H,15,16). The first kappa shape index (κ1) is 11.1. The number of nitrogens with one attached hydrogen (secondary N) is 2. The summed E-state index contributed by atoms with van der Waals surface area (Å²) in [5.74, 6) is 0.0850. The summed E-state index contributed by atoms with van der Waals surface area (Å²) >= 11 is 0. The van der Waals surface area contributed by atoms with Crippen LogP contribution in [0.15, 0.2) is 24.3 Å². The fraction of sp³-hybridized carbons (Fsp3) is 0.462. The minimum Gasteiger partial charge on any atom is -0.354 e. The zero-order chi connectivity index (χ0) is 11.4. The summed E-state index contributed by atoms with van der Waals surface area (Å²) in [6, 6.07) is 8.08. The number of hydrogen-bond acceptors (Lipinski definition) is 2. The molecule has 16 heavy (non-hydrogen) atoms. The van der Waals surface area contributed by atoms with E-state index in [9.17, 15) is 4.79 Å². The van der Waals surface area contributed by atoms with Crippen molar-refractivity contribution in [1.29, 1.82) is 0 Å². The molecule has 1 aromatic rings. The van der Waals surface area contributed by atoms with Gasteiger partial charge in [0.25, 0.3) is 0 Å². The summed E-state index contributed by atoms with van der Waals surface area (Å²) in [7, 11) is 0. The lowest BCUT2D eigenvalue weighted by molar-refractivity contribution is -0.122. The molecule has 3 heteroatoms. The number of carbonyl (C=O) groups excluding carboxylic acids is 1. The Kier molecular flexibility index (Phi) is 3.57. The molecular formula is C13H18N2O. The molecule has 2 N–H and O–H groups in total. The van der Waals surface area contributed by atoms with Crippen LogP contribution in [0.1, 0.15) is 30.5 Å². The van der Waals surface area contributed by atoms with Crippen molar-refractivity contribution in [1.82, 2.24) is 10.6 Å². The molecule has 1 unspecified atom stereocenters. The maximum Gasteiger partial charge on any atom is 0.241 e. The van der Waals surface area contributed by atoms with Crippen LogP contribution in [0, 0.1) is 0 Å². The van der Waals surface area contributed by atoms with E-state index < -0.39 is 0 Å². The van der Waals surface area contributed by atoms with Gasteiger partial charge in [-0.05, 0) is 30.5 Å². The maximum absolute atomic E-state index is 11.8. The van der Waals surface area contributed by atoms with Gasteiger partial charge in [-0.2, -0.15) is 0 Å². The Labute approximate surface area is 96.2 Å². The van der Waals surface area contributed by atoms with Crippen LogP contribution in [0.4, 0.5) is 0 Å². The quantitative estimate of drug-likeness (QED) is 0.788. The molecule has 0 aromatic heterocycles. The highest BCUT2D eigenvalue weighted by Gasteiger charge is 2.21. The van der Waals surface area contributed by atoms with Gasteiger partial charge in [-0.1, -0.05) is 31.2 Å². The smallest absolute Gasteiger partial charge is 0.241 e. The lowest BCUT2D eigenvalue weighted by Crippen LogP contribution is -2.33. The number of carbonyl (C=O) groups is 1. The summed E-state index contributed by atoms with van der Waals surface area (Å²) in [4.78, 5) is 11.8. The Morgan fingerprint density at radius 3 is 2.69 bits per heavy atom. The van der Waals surface area contributed by atoms with E-state index in [0.29, 0.717) is 0 Å². The van der Waals surface area contributed by atoms with Gasteiger partial charge in [-0.3, -0.25) is 4.79 Å². The van der Waals surface area contributed by atoms with Gasteiger partial charge in [0.2, 0.25) is 5.91 Å². The average molecular weight is 218 g/mol. The molecule has 0 saturated carbocycles. The van der Waals surface area contributed by atoms with Crippen molar-refractivity contribution in [2.75, 3.05) is 13.1 Å². The van der Waals surface area contributed by atoms with Gasteiger partial charge in [-0.15, -0.1) is 0 Å². The van der Waals surface area contributed by atoms with E-state index in [0.717, 1.165) is 31.5 Å². The number of benzene rings is 1. The number of aryl methyl sites for hydroxylation is 1. The fourth-order valence-corrected chi connectivity index (χ4v) is 1.96. The van der Waals surface area contributed by atoms with E-state index in [2.05, 4.69) is 29.7 Å². The van der Waals surface area contributed by atoms with Gasteiger partial charge < -0.3 is 10.6 Å². The molecule has 0 aliphatic carbocycles. The molecular weight excluding hydrogens is 200 g/mol. The second kappa shape index (κ2) is 5.12. The number of amides is 1. The first-order valence-electron chi connectivity index (χ1n) is 5.91. The molecule has 1 saturated heterocycles. The largest absolute Gasteiger partial charge is 0.354 e. The minimum absolute atomic E-state index is 0.0850. The van der Waals surface area contributed by atoms with E-state index in [1.807, 2.05) is 12.1 Å². The highest BCUT2D eigenvalue weighted by atomic mass is 16.2. The van der Waals surface area contributed by atoms with Gasteiger partial charge in [0.1, 0.15) is 6.04 Å². The molecule has 1 amide bonds. The highest BCUT2D eigenvalue weighted by molar-refractivity contribution is 5.83. The molecule has 1 aliphatic rings. The van der Waals surface area contributed by atoms with Crippen LogP contribution in [0.2, 0.25) is 0 Å². The molecule has 1 aromatic carbocycles. The third-order valence-electron chi connectivity index (χ3n) is 2.98. The second-order valence-electron chi connectivity index (χ2n) is 4.13. The molecule has 3 nitrogen and oxygen atoms in total. The molecule has 2 rings (SSSR count). The summed E-state index contributed by atoms with van der Waals surface area (Å²) < 4.78 is 0. The zero-order valence-corrected chi connectivity index (χ0v) is 9.62. The van der Waals surface area contributed by atoms with Gasteiger partial charge in [0.05, 0.1) is 0 Å². The Bertz CT molecular complexity index is 359. The molecule has 1 fully saturated rings. The first-order valence-corrected chi connectivity index (χ1v) is 5.91. The summed E-state index contributed by atoms with van der Waals surface area (Å²) in [5, 5.41) is 6.19. The lowest BCUT2D eigenvalue weighted by atomic mass is 10.0. The monoisotopic (exact) mass is 218 g/mol. The Hall–Kier alpha value is -1.35. The lowest BCUT2D eigenvalue weighted by Gasteiger charge is -2.15. The highest BCUT2D eigenvalue weighted by Crippen LogP contribution is 2.15. The van der Waals surface area contributed by atoms with Crippen LogP contribution in [-0.2, 0) is 11.2 Å². The fourth-order valence-electron chi connectivity index (χ4n) is 1.96. The molecule has 1 atom stereocenters. The van der Waals surface area contributed by atoms with Gasteiger partial charge in [0, 0.05) is 6.54 Å². The van der Waals surface area contributed by atoms with Crippen LogP contribution >= 0.6 is 0 Å². The SMILES string of the molecule is CCc1ccc(C2NCCCNC2=O)cc1. The Balaban J connectivity index is 2.17. The van der Waals surface area contributed by atoms with Crippen molar-refractivity contribution in [3.8, 4) is 0 Å². The van der Waals surface area contributed by atoms with Gasteiger partial charge >= 0.3 is 0 Å². The van der Waals surface area contributed by atoms with E-state index >= 15 is 0 Å². The third-order valence-corrected chi connectivity index (χ3v) is 2.98. The number of hydrogen-bond donors (Lipinski definition) is 2. The van der Waals surface area contributed by atoms with Crippen LogP contribution in [0.3, 0.4) is 0 Å². The van der Waals surface area contributed by atoms with E-state index in [4.69, 9.17) is 0 Å². The van der Waals surface area contributed by atoms with Crippen molar-refractivity contribution in [2.24, 2.45) is 0 Å². The third kappa shape index (κ3) is 2.42. The van der Waals surface area contributed by atoms with Gasteiger partial charge in [0.15, 0.2) is 0 Å². The molecule has 0 bridgehead atoms. The number of rotatable bonds is 2. The second-order valence-corrected chi connectivity index (χ2v) is 4.13. The van der Waals surface area contributed by atoms with E-state index in [-0.39, 0.29) is 11.9 Å². The Morgan fingerprint density at radius 2 is 2.00 bits per heavy atom. The van der Waals surface area contributed by atoms with Crippen molar-refractivity contribution in [2.45, 2.75) is 25.8 Å². The average Bonchev–Trinajstić information content (AvgIpc) is 2.54. The van der Waals surface area contributed by atoms with Crippen molar-refractivity contribution < 1.29 is 4.79 Å². The molecule has 1 heterocycles. The van der Waals surface area contributed by atoms with Gasteiger partial charge in [-0.25, -0.2) is 0 Å². The normalized spacial score (nSPS) is 21.3. The predicted octanol–water partition coefficient (Wildman–Crippen LogP) is 1.40. The van der Waals surface area contributed by atoms with Crippen molar-refractivity contribution >= 4 is 5.91 Å². The predicted molar refractivity (Wildman–Crippen MR) is 64.2 cm³/mol. The molecule has 1 aliphatic heterocycles. The summed E-state index contributed by atoms with van der Waals surface area (Å²) in [6.07, 6.45) is 2.03. The van der Waals surface area contributed by atoms with E-state index in [1.54, 1.807) is 0 Å². The molecule has 86 valence electrons. The van der Waals surface area contributed by atoms with Crippen LogP contribution in [0.5, 0.6) is 0 Å². The molecule has 0 spiro atoms. The van der Waals surface area contributed by atoms with Crippen LogP contribution in [-0.4, -0.2) is 19.0 Å². The van der Waals surface area contributed by atoms with Crippen molar-refractivity contribution in [3.63, 3.8) is 0 Å². The zero-order valence-electron chi connectivity index (χ0n) is 9.62. The molecule has 0 radical (unpaired) electrons. The van der Waals surface area contributed by atoms with Crippen molar-refractivity contribution in [3.05, 3.63) is 35.4 Å². The maximum atomic E-state index is 11.8. The minimum atomic E-state index is -0.187. The Morgan fingerprint density at radius 1 is 1.25 bits per heavy atom. The summed E-state index contributed by atoms with van der Waals surface area (Å²) in [5.41, 5.74) is 2.36.